The van der Waals surface area contributed by atoms with Crippen LogP contribution in [0.3, 0.4) is 0 Å². The third-order valence-electron chi connectivity index (χ3n) is 7.62. The van der Waals surface area contributed by atoms with Gasteiger partial charge in [0.2, 0.25) is 17.7 Å². The highest BCUT2D eigenvalue weighted by Crippen LogP contribution is 2.40. The van der Waals surface area contributed by atoms with Gasteiger partial charge in [0, 0.05) is 18.3 Å². The van der Waals surface area contributed by atoms with Crippen molar-refractivity contribution in [2.24, 2.45) is 5.41 Å². The van der Waals surface area contributed by atoms with E-state index in [1.807, 2.05) is 46.9 Å². The Morgan fingerprint density at radius 2 is 1.88 bits per heavy atom. The number of amides is 2. The Kier molecular flexibility index (Phi) is 7.28. The van der Waals surface area contributed by atoms with Crippen LogP contribution in [0.4, 0.5) is 33.6 Å². The van der Waals surface area contributed by atoms with E-state index in [1.54, 1.807) is 23.4 Å². The summed E-state index contributed by atoms with van der Waals surface area (Å²) in [6, 6.07) is 3.55. The van der Waals surface area contributed by atoms with Crippen molar-refractivity contribution in [2.45, 2.75) is 53.2 Å². The van der Waals surface area contributed by atoms with E-state index in [2.05, 4.69) is 30.5 Å². The first-order valence-electron chi connectivity index (χ1n) is 14.3. The molecular formula is C30H36N8O5. The lowest BCUT2D eigenvalue weighted by molar-refractivity contribution is -0.151. The van der Waals surface area contributed by atoms with E-state index in [4.69, 9.17) is 19.2 Å². The van der Waals surface area contributed by atoms with Crippen LogP contribution in [0.15, 0.2) is 30.7 Å². The molecule has 13 heteroatoms. The van der Waals surface area contributed by atoms with Crippen molar-refractivity contribution >= 4 is 40.8 Å². The predicted octanol–water partition coefficient (Wildman–Crippen LogP) is 3.99. The maximum Gasteiger partial charge on any atom is 0.415 e. The lowest BCUT2D eigenvalue weighted by Crippen LogP contribution is -2.49. The number of hydrogen-bond acceptors (Lipinski definition) is 11. The zero-order valence-corrected chi connectivity index (χ0v) is 25.1. The van der Waals surface area contributed by atoms with Gasteiger partial charge in [-0.25, -0.2) is 24.7 Å². The highest BCUT2D eigenvalue weighted by molar-refractivity contribution is 5.95. The fourth-order valence-corrected chi connectivity index (χ4v) is 5.19. The number of rotatable bonds is 5. The first-order chi connectivity index (χ1) is 20.5. The van der Waals surface area contributed by atoms with Gasteiger partial charge in [-0.15, -0.1) is 0 Å². The molecule has 3 aromatic heterocycles. The van der Waals surface area contributed by atoms with Crippen molar-refractivity contribution in [3.63, 3.8) is 0 Å². The average Bonchev–Trinajstić information content (AvgIpc) is 2.95. The number of nitrogens with one attached hydrogen (secondary N) is 2. The minimum absolute atomic E-state index is 0.107. The van der Waals surface area contributed by atoms with Gasteiger partial charge in [0.05, 0.1) is 61.2 Å². The minimum atomic E-state index is -0.617. The quantitative estimate of drug-likeness (QED) is 0.446. The Labute approximate surface area is 250 Å². The van der Waals surface area contributed by atoms with Gasteiger partial charge in [0.15, 0.2) is 0 Å². The van der Waals surface area contributed by atoms with Crippen LogP contribution in [0, 0.1) is 12.3 Å². The summed E-state index contributed by atoms with van der Waals surface area (Å²) in [4.78, 5) is 47.5. The fraction of sp³-hybridized carbons (Fsp3) is 0.467. The van der Waals surface area contributed by atoms with Gasteiger partial charge in [-0.3, -0.25) is 9.69 Å². The largest absolute Gasteiger partial charge is 0.474 e. The number of nitrogens with zero attached hydrogens (tertiary/aromatic N) is 6. The zero-order chi connectivity index (χ0) is 30.4. The second-order valence-electron chi connectivity index (χ2n) is 12.3. The smallest absolute Gasteiger partial charge is 0.415 e. The zero-order valence-electron chi connectivity index (χ0n) is 25.1. The molecule has 2 N–H and O–H groups in total. The molecule has 43 heavy (non-hydrogen) atoms. The monoisotopic (exact) mass is 588 g/mol. The van der Waals surface area contributed by atoms with E-state index in [0.29, 0.717) is 61.9 Å². The molecule has 0 aromatic carbocycles. The van der Waals surface area contributed by atoms with Gasteiger partial charge >= 0.3 is 6.09 Å². The van der Waals surface area contributed by atoms with Gasteiger partial charge < -0.3 is 29.7 Å². The number of carbonyl (C=O) groups excluding carboxylic acids is 2. The number of pyridine rings is 2. The Balaban J connectivity index is 1.17. The minimum Gasteiger partial charge on any atom is -0.474 e. The normalized spacial score (nSPS) is 17.1. The summed E-state index contributed by atoms with van der Waals surface area (Å²) in [5, 5.41) is 6.05. The Hall–Kier alpha value is -4.52. The number of anilines is 5. The Morgan fingerprint density at radius 3 is 2.58 bits per heavy atom. The SMILES string of the molecule is Cc1c(N2CCc3cnc(Nc4ccc(NC(=O)C5(C)COC5)nc4)nc3C2)cnc2c1N(C(=O)OC(C)(C)C)CCO2. The van der Waals surface area contributed by atoms with Crippen LogP contribution < -0.4 is 25.2 Å². The third-order valence-corrected chi connectivity index (χ3v) is 7.62. The van der Waals surface area contributed by atoms with Crippen molar-refractivity contribution in [1.29, 1.82) is 0 Å². The third kappa shape index (κ3) is 5.89. The molecule has 3 aliphatic heterocycles. The van der Waals surface area contributed by atoms with Crippen LogP contribution in [0.2, 0.25) is 0 Å². The molecule has 0 bridgehead atoms. The van der Waals surface area contributed by atoms with E-state index in [-0.39, 0.29) is 5.91 Å². The molecule has 6 rings (SSSR count). The number of fused-ring (bicyclic) bond motifs is 2. The van der Waals surface area contributed by atoms with Gasteiger partial charge in [-0.1, -0.05) is 0 Å². The van der Waals surface area contributed by atoms with Crippen molar-refractivity contribution in [3.8, 4) is 5.88 Å². The molecule has 0 aliphatic carbocycles. The summed E-state index contributed by atoms with van der Waals surface area (Å²) >= 11 is 0. The van der Waals surface area contributed by atoms with E-state index in [9.17, 15) is 9.59 Å². The predicted molar refractivity (Wildman–Crippen MR) is 160 cm³/mol. The van der Waals surface area contributed by atoms with Gasteiger partial charge in [0.1, 0.15) is 23.7 Å². The summed E-state index contributed by atoms with van der Waals surface area (Å²) in [7, 11) is 0. The molecule has 226 valence electrons. The molecule has 0 radical (unpaired) electrons. The lowest BCUT2D eigenvalue weighted by Gasteiger charge is -2.36. The number of aromatic nitrogens is 4. The molecule has 3 aliphatic rings. The highest BCUT2D eigenvalue weighted by Gasteiger charge is 2.41. The molecule has 6 heterocycles. The van der Waals surface area contributed by atoms with E-state index in [0.717, 1.165) is 35.5 Å². The standard InChI is InChI=1S/C30H36N8O5/c1-18-22(14-32-25-24(18)38(10-11-42-25)28(40)43-29(2,3)4)37-9-8-19-12-33-27(35-21(19)15-37)34-20-6-7-23(31-13-20)36-26(39)30(5)16-41-17-30/h6-7,12-14H,8-11,15-17H2,1-5H3,(H,31,36,39)(H,33,34,35). The van der Waals surface area contributed by atoms with Crippen molar-refractivity contribution < 1.29 is 23.8 Å². The number of ether oxygens (including phenoxy) is 3. The molecule has 0 saturated carbocycles. The topological polar surface area (TPSA) is 144 Å². The van der Waals surface area contributed by atoms with E-state index >= 15 is 0 Å². The maximum atomic E-state index is 13.0. The first kappa shape index (κ1) is 28.6. The molecule has 2 amide bonds. The summed E-state index contributed by atoms with van der Waals surface area (Å²) < 4.78 is 16.6. The summed E-state index contributed by atoms with van der Waals surface area (Å²) in [5.74, 6) is 1.23. The average molecular weight is 589 g/mol. The van der Waals surface area contributed by atoms with Crippen molar-refractivity contribution in [1.82, 2.24) is 19.9 Å². The van der Waals surface area contributed by atoms with E-state index in [1.165, 1.54) is 0 Å². The van der Waals surface area contributed by atoms with Gasteiger partial charge in [-0.05, 0) is 58.7 Å². The van der Waals surface area contributed by atoms with Crippen molar-refractivity contribution in [3.05, 3.63) is 47.5 Å². The summed E-state index contributed by atoms with van der Waals surface area (Å²) in [5.41, 5.74) is 3.97. The van der Waals surface area contributed by atoms with Gasteiger partial charge in [-0.2, -0.15) is 0 Å². The molecule has 0 unspecified atom stereocenters. The second-order valence-corrected chi connectivity index (χ2v) is 12.3. The molecular weight excluding hydrogens is 552 g/mol. The molecule has 3 aromatic rings. The maximum absolute atomic E-state index is 13.0. The van der Waals surface area contributed by atoms with Crippen LogP contribution in [0.25, 0.3) is 0 Å². The fourth-order valence-electron chi connectivity index (χ4n) is 5.19. The van der Waals surface area contributed by atoms with Crippen LogP contribution in [-0.4, -0.2) is 70.4 Å². The second kappa shape index (κ2) is 11.0. The highest BCUT2D eigenvalue weighted by atomic mass is 16.6. The van der Waals surface area contributed by atoms with Crippen molar-refractivity contribution in [2.75, 3.05) is 53.3 Å². The Morgan fingerprint density at radius 1 is 1.07 bits per heavy atom. The molecule has 1 saturated heterocycles. The lowest BCUT2D eigenvalue weighted by atomic mass is 9.88. The van der Waals surface area contributed by atoms with E-state index < -0.39 is 17.1 Å². The van der Waals surface area contributed by atoms with Crippen LogP contribution >= 0.6 is 0 Å². The van der Waals surface area contributed by atoms with Gasteiger partial charge in [0.25, 0.3) is 0 Å². The Bertz CT molecular complexity index is 1550. The molecule has 0 atom stereocenters. The molecule has 1 fully saturated rings. The molecule has 0 spiro atoms. The first-order valence-corrected chi connectivity index (χ1v) is 14.3. The summed E-state index contributed by atoms with van der Waals surface area (Å²) in [6.07, 6.45) is 5.62. The summed E-state index contributed by atoms with van der Waals surface area (Å²) in [6.45, 7) is 12.2. The van der Waals surface area contributed by atoms with Crippen LogP contribution in [0.1, 0.15) is 44.5 Å². The molecule has 13 nitrogen and oxygen atoms in total. The number of hydrogen-bond donors (Lipinski definition) is 2. The number of carbonyl (C=O) groups is 2. The van der Waals surface area contributed by atoms with Crippen LogP contribution in [-0.2, 0) is 27.2 Å². The van der Waals surface area contributed by atoms with Crippen LogP contribution in [0.5, 0.6) is 5.88 Å².